The van der Waals surface area contributed by atoms with Crippen LogP contribution in [0.3, 0.4) is 0 Å². The van der Waals surface area contributed by atoms with Crippen molar-refractivity contribution in [3.05, 3.63) is 59.7 Å². The van der Waals surface area contributed by atoms with Crippen molar-refractivity contribution < 1.29 is 17.9 Å². The highest BCUT2D eigenvalue weighted by Gasteiger charge is 2.35. The van der Waals surface area contributed by atoms with E-state index in [1.807, 2.05) is 42.7 Å². The summed E-state index contributed by atoms with van der Waals surface area (Å²) in [6.07, 6.45) is 7.29. The molecule has 0 atom stereocenters. The lowest BCUT2D eigenvalue weighted by Gasteiger charge is -2.29. The summed E-state index contributed by atoms with van der Waals surface area (Å²) in [6.45, 7) is 0.434. The van der Waals surface area contributed by atoms with Gasteiger partial charge in [0.15, 0.2) is 0 Å². The largest absolute Gasteiger partial charge is 0.469 e. The molecule has 0 heterocycles. The molecule has 2 aromatic rings. The molecular formula is C23H29NO4S2. The minimum Gasteiger partial charge on any atom is -0.469 e. The van der Waals surface area contributed by atoms with Crippen molar-refractivity contribution in [2.45, 2.75) is 48.3 Å². The average Bonchev–Trinajstić information content (AvgIpc) is 3.22. The number of ether oxygens (including phenoxy) is 1. The molecule has 0 aliphatic heterocycles. The van der Waals surface area contributed by atoms with Crippen LogP contribution in [-0.2, 0) is 32.4 Å². The molecule has 0 bridgehead atoms. The summed E-state index contributed by atoms with van der Waals surface area (Å²) in [5.74, 6) is -0.255. The number of methoxy groups -OCH3 is 1. The van der Waals surface area contributed by atoms with Gasteiger partial charge in [0.2, 0.25) is 10.0 Å². The van der Waals surface area contributed by atoms with Gasteiger partial charge in [0, 0.05) is 11.4 Å². The summed E-state index contributed by atoms with van der Waals surface area (Å²) < 4.78 is 33.2. The Kier molecular flexibility index (Phi) is 7.60. The first-order valence-corrected chi connectivity index (χ1v) is 12.8. The number of hydrogen-bond acceptors (Lipinski definition) is 5. The first-order chi connectivity index (χ1) is 14.4. The van der Waals surface area contributed by atoms with Gasteiger partial charge in [-0.3, -0.25) is 4.79 Å². The number of rotatable bonds is 9. The molecule has 2 aromatic carbocycles. The lowest BCUT2D eigenvalue weighted by Crippen LogP contribution is -2.37. The van der Waals surface area contributed by atoms with Crippen molar-refractivity contribution in [2.24, 2.45) is 5.41 Å². The van der Waals surface area contributed by atoms with Crippen LogP contribution in [0.4, 0.5) is 0 Å². The van der Waals surface area contributed by atoms with Crippen LogP contribution in [0.2, 0.25) is 0 Å². The molecule has 30 heavy (non-hydrogen) atoms. The second kappa shape index (κ2) is 9.98. The van der Waals surface area contributed by atoms with Gasteiger partial charge in [0.25, 0.3) is 0 Å². The van der Waals surface area contributed by atoms with Gasteiger partial charge in [0.1, 0.15) is 0 Å². The Bertz CT molecular complexity index is 948. The Morgan fingerprint density at radius 1 is 1.03 bits per heavy atom. The van der Waals surface area contributed by atoms with E-state index in [-0.39, 0.29) is 17.8 Å². The monoisotopic (exact) mass is 447 g/mol. The summed E-state index contributed by atoms with van der Waals surface area (Å²) in [5.41, 5.74) is 2.00. The first-order valence-electron chi connectivity index (χ1n) is 10.1. The molecule has 0 spiro atoms. The van der Waals surface area contributed by atoms with Crippen LogP contribution in [0.5, 0.6) is 0 Å². The normalized spacial score (nSPS) is 15.8. The Balaban J connectivity index is 1.68. The van der Waals surface area contributed by atoms with E-state index in [1.165, 1.54) is 7.11 Å². The zero-order valence-electron chi connectivity index (χ0n) is 17.5. The number of sulfonamides is 1. The van der Waals surface area contributed by atoms with Crippen molar-refractivity contribution >= 4 is 27.8 Å². The molecule has 0 amide bonds. The third-order valence-electron chi connectivity index (χ3n) is 5.85. The van der Waals surface area contributed by atoms with E-state index in [9.17, 15) is 13.2 Å². The van der Waals surface area contributed by atoms with Crippen LogP contribution in [-0.4, -0.2) is 34.3 Å². The van der Waals surface area contributed by atoms with Crippen LogP contribution in [0.1, 0.15) is 36.8 Å². The minimum atomic E-state index is -3.54. The maximum absolute atomic E-state index is 12.8. The molecule has 1 aliphatic carbocycles. The van der Waals surface area contributed by atoms with Gasteiger partial charge in [-0.25, -0.2) is 13.1 Å². The topological polar surface area (TPSA) is 72.5 Å². The quantitative estimate of drug-likeness (QED) is 0.461. The fourth-order valence-corrected chi connectivity index (χ4v) is 5.64. The van der Waals surface area contributed by atoms with Crippen molar-refractivity contribution in [3.63, 3.8) is 0 Å². The fourth-order valence-electron chi connectivity index (χ4n) is 4.07. The molecule has 0 unspecified atom stereocenters. The number of esters is 1. The number of carbonyl (C=O) groups is 1. The third kappa shape index (κ3) is 5.86. The Morgan fingerprint density at radius 3 is 2.20 bits per heavy atom. The van der Waals surface area contributed by atoms with Gasteiger partial charge >= 0.3 is 5.97 Å². The van der Waals surface area contributed by atoms with E-state index in [0.29, 0.717) is 11.4 Å². The second-order valence-corrected chi connectivity index (χ2v) is 10.6. The molecule has 5 nitrogen and oxygen atoms in total. The zero-order chi connectivity index (χ0) is 21.6. The minimum absolute atomic E-state index is 0.0733. The molecule has 0 saturated heterocycles. The molecule has 1 fully saturated rings. The molecule has 0 radical (unpaired) electrons. The molecular weight excluding hydrogens is 418 g/mol. The lowest BCUT2D eigenvalue weighted by molar-refractivity contribution is -0.139. The number of benzene rings is 2. The number of thioether (sulfide) groups is 1. The van der Waals surface area contributed by atoms with Crippen LogP contribution >= 0.6 is 11.8 Å². The number of carbonyl (C=O) groups excluding carboxylic acids is 1. The molecule has 0 aromatic heterocycles. The average molecular weight is 448 g/mol. The molecule has 1 saturated carbocycles. The highest BCUT2D eigenvalue weighted by Crippen LogP contribution is 2.40. The summed E-state index contributed by atoms with van der Waals surface area (Å²) in [5, 5.41) is 0. The fraction of sp³-hybridized carbons (Fsp3) is 0.435. The van der Waals surface area contributed by atoms with Gasteiger partial charge in [-0.15, -0.1) is 11.8 Å². The summed E-state index contributed by atoms with van der Waals surface area (Å²) >= 11 is 1.59. The molecule has 162 valence electrons. The first kappa shape index (κ1) is 22.8. The summed E-state index contributed by atoms with van der Waals surface area (Å²) in [6, 6.07) is 15.0. The van der Waals surface area contributed by atoms with Crippen LogP contribution in [0.25, 0.3) is 0 Å². The predicted octanol–water partition coefficient (Wildman–Crippen LogP) is 4.21. The lowest BCUT2D eigenvalue weighted by atomic mass is 9.80. The third-order valence-corrected chi connectivity index (χ3v) is 8.01. The van der Waals surface area contributed by atoms with Crippen LogP contribution < -0.4 is 4.72 Å². The SMILES string of the molecule is COC(=O)Cc1ccc(CC2(CNS(=O)(=O)c3ccc(SC)cc3)CCCC2)cc1. The van der Waals surface area contributed by atoms with E-state index < -0.39 is 10.0 Å². The zero-order valence-corrected chi connectivity index (χ0v) is 19.2. The Hall–Kier alpha value is -1.83. The molecule has 1 N–H and O–H groups in total. The van der Waals surface area contributed by atoms with E-state index >= 15 is 0 Å². The highest BCUT2D eigenvalue weighted by atomic mass is 32.2. The van der Waals surface area contributed by atoms with Crippen LogP contribution in [0, 0.1) is 5.41 Å². The van der Waals surface area contributed by atoms with Gasteiger partial charge in [-0.1, -0.05) is 37.1 Å². The van der Waals surface area contributed by atoms with Gasteiger partial charge in [-0.05, 0) is 66.3 Å². The van der Waals surface area contributed by atoms with E-state index in [2.05, 4.69) is 4.72 Å². The van der Waals surface area contributed by atoms with Gasteiger partial charge in [0.05, 0.1) is 18.4 Å². The molecule has 7 heteroatoms. The maximum atomic E-state index is 12.8. The van der Waals surface area contributed by atoms with Crippen molar-refractivity contribution in [3.8, 4) is 0 Å². The smallest absolute Gasteiger partial charge is 0.309 e. The number of hydrogen-bond donors (Lipinski definition) is 1. The Labute approximate surface area is 183 Å². The van der Waals surface area contributed by atoms with Crippen molar-refractivity contribution in [2.75, 3.05) is 19.9 Å². The van der Waals surface area contributed by atoms with E-state index in [0.717, 1.165) is 48.1 Å². The van der Waals surface area contributed by atoms with Crippen molar-refractivity contribution in [1.82, 2.24) is 4.72 Å². The van der Waals surface area contributed by atoms with E-state index in [4.69, 9.17) is 4.74 Å². The van der Waals surface area contributed by atoms with Gasteiger partial charge in [-0.2, -0.15) is 0 Å². The highest BCUT2D eigenvalue weighted by molar-refractivity contribution is 7.98. The Morgan fingerprint density at radius 2 is 1.63 bits per heavy atom. The summed E-state index contributed by atoms with van der Waals surface area (Å²) in [7, 11) is -2.15. The molecule has 1 aliphatic rings. The number of nitrogens with one attached hydrogen (secondary N) is 1. The molecule has 3 rings (SSSR count). The van der Waals surface area contributed by atoms with Gasteiger partial charge < -0.3 is 4.74 Å². The predicted molar refractivity (Wildman–Crippen MR) is 120 cm³/mol. The summed E-state index contributed by atoms with van der Waals surface area (Å²) in [4.78, 5) is 12.8. The van der Waals surface area contributed by atoms with Crippen LogP contribution in [0.15, 0.2) is 58.3 Å². The van der Waals surface area contributed by atoms with E-state index in [1.54, 1.807) is 23.9 Å². The maximum Gasteiger partial charge on any atom is 0.309 e. The van der Waals surface area contributed by atoms with Crippen molar-refractivity contribution in [1.29, 1.82) is 0 Å². The second-order valence-electron chi connectivity index (χ2n) is 7.95. The standard InChI is InChI=1S/C23H29NO4S2/c1-28-22(25)15-18-5-7-19(8-6-18)16-23(13-3-4-14-23)17-24-30(26,27)21-11-9-20(29-2)10-12-21/h5-12,24H,3-4,13-17H2,1-2H3.